The molecule has 0 unspecified atom stereocenters. The van der Waals surface area contributed by atoms with Crippen LogP contribution in [0, 0.1) is 31.1 Å². The Morgan fingerprint density at radius 2 is 1.37 bits per heavy atom. The first-order valence-corrected chi connectivity index (χ1v) is 21.2. The predicted octanol–water partition coefficient (Wildman–Crippen LogP) is 5.52. The minimum absolute atomic E-state index is 0.0640. The van der Waals surface area contributed by atoms with E-state index in [-0.39, 0.29) is 42.4 Å². The number of benzene rings is 1. The number of anilines is 2. The summed E-state index contributed by atoms with van der Waals surface area (Å²) in [4.78, 5) is 39.6. The molecule has 62 heavy (non-hydrogen) atoms. The summed E-state index contributed by atoms with van der Waals surface area (Å²) in [5, 5.41) is 32.4. The quantitative estimate of drug-likeness (QED) is 0.134. The number of rotatable bonds is 15. The maximum absolute atomic E-state index is 13.2. The molecule has 1 saturated carbocycles. The maximum Gasteiger partial charge on any atom is 0.272 e. The van der Waals surface area contributed by atoms with Crippen molar-refractivity contribution in [2.24, 2.45) is 5.92 Å². The average Bonchev–Trinajstić information content (AvgIpc) is 4.15. The largest absolute Gasteiger partial charge is 0.489 e. The number of nitrogens with zero attached hydrogens (tertiary/aromatic N) is 9. The fourth-order valence-electron chi connectivity index (χ4n) is 7.85. The van der Waals surface area contributed by atoms with Crippen LogP contribution in [0.5, 0.6) is 11.6 Å². The molecule has 16 nitrogen and oxygen atoms in total. The first kappa shape index (κ1) is 42.0. The van der Waals surface area contributed by atoms with Gasteiger partial charge in [0.1, 0.15) is 11.9 Å². The van der Waals surface area contributed by atoms with Gasteiger partial charge in [0, 0.05) is 64.9 Å². The van der Waals surface area contributed by atoms with Gasteiger partial charge in [-0.2, -0.15) is 5.26 Å². The Hall–Kier alpha value is -6.73. The van der Waals surface area contributed by atoms with E-state index in [9.17, 15) is 9.59 Å². The topological polar surface area (TPSA) is 193 Å². The normalized spacial score (nSPS) is 15.8. The molecular weight excluding hydrogens is 787 g/mol. The Morgan fingerprint density at radius 1 is 0.758 bits per heavy atom. The van der Waals surface area contributed by atoms with Gasteiger partial charge in [-0.1, -0.05) is 12.1 Å². The van der Waals surface area contributed by atoms with Crippen LogP contribution in [0.4, 0.5) is 11.6 Å². The van der Waals surface area contributed by atoms with Crippen LogP contribution in [0.2, 0.25) is 0 Å². The van der Waals surface area contributed by atoms with Gasteiger partial charge in [-0.3, -0.25) is 14.6 Å². The van der Waals surface area contributed by atoms with Gasteiger partial charge in [0.2, 0.25) is 5.88 Å². The number of nitrogens with one attached hydrogen (secondary N) is 2. The first-order chi connectivity index (χ1) is 30.2. The van der Waals surface area contributed by atoms with Crippen LogP contribution in [-0.4, -0.2) is 94.3 Å². The van der Waals surface area contributed by atoms with Crippen molar-refractivity contribution in [3.8, 4) is 29.0 Å². The number of piperidine rings is 2. The molecule has 1 aliphatic carbocycles. The van der Waals surface area contributed by atoms with E-state index in [0.717, 1.165) is 85.2 Å². The summed E-state index contributed by atoms with van der Waals surface area (Å²) in [6.45, 7) is 8.41. The summed E-state index contributed by atoms with van der Waals surface area (Å²) < 4.78 is 18.2. The number of carbonyl (C=O) groups excluding carboxylic acids is 2. The van der Waals surface area contributed by atoms with Crippen LogP contribution in [0.3, 0.4) is 0 Å². The maximum atomic E-state index is 13.2. The van der Waals surface area contributed by atoms with E-state index in [2.05, 4.69) is 56.9 Å². The second-order valence-electron chi connectivity index (χ2n) is 16.2. The molecule has 4 aromatic heterocycles. The minimum atomic E-state index is -0.332. The van der Waals surface area contributed by atoms with Crippen LogP contribution in [0.15, 0.2) is 67.0 Å². The van der Waals surface area contributed by atoms with Gasteiger partial charge in [-0.05, 0) is 110 Å². The van der Waals surface area contributed by atoms with Crippen molar-refractivity contribution in [1.29, 1.82) is 5.26 Å². The lowest BCUT2D eigenvalue weighted by Crippen LogP contribution is -2.39. The molecule has 1 aromatic carbocycles. The predicted molar refractivity (Wildman–Crippen MR) is 231 cm³/mol. The van der Waals surface area contributed by atoms with Crippen LogP contribution in [0.1, 0.15) is 87.3 Å². The van der Waals surface area contributed by atoms with Crippen LogP contribution in [0.25, 0.3) is 11.3 Å². The Bertz CT molecular complexity index is 2440. The average molecular weight is 838 g/mol. The van der Waals surface area contributed by atoms with Crippen LogP contribution < -0.4 is 29.9 Å². The number of methoxy groups -OCH3 is 1. The van der Waals surface area contributed by atoms with E-state index in [1.807, 2.05) is 38.1 Å². The number of hydrogen-bond acceptors (Lipinski definition) is 14. The van der Waals surface area contributed by atoms with Gasteiger partial charge in [0.25, 0.3) is 11.8 Å². The van der Waals surface area contributed by atoms with E-state index in [1.54, 1.807) is 49.8 Å². The number of nitriles is 1. The van der Waals surface area contributed by atoms with Gasteiger partial charge in [0.05, 0.1) is 42.3 Å². The second-order valence-corrected chi connectivity index (χ2v) is 16.2. The SMILES string of the molecule is COc1ncc(OC2CCN(c3nnc(C(=O)NCc4cccc(C#N)c4)cc3C)CC2)cc1-c1cc(CNC(=O)c2cc(C)c(N3CCC(OCC4CC4)CC3)nn2)ccn1. The Labute approximate surface area is 361 Å². The molecular formula is C46H51N11O5. The van der Waals surface area contributed by atoms with E-state index >= 15 is 0 Å². The fraction of sp³-hybridized carbons (Fsp3) is 0.413. The van der Waals surface area contributed by atoms with E-state index < -0.39 is 0 Å². The van der Waals surface area contributed by atoms with Crippen molar-refractivity contribution in [3.05, 3.63) is 106 Å². The number of hydrogen-bond donors (Lipinski definition) is 2. The second kappa shape index (κ2) is 19.3. The van der Waals surface area contributed by atoms with E-state index in [1.165, 1.54) is 12.8 Å². The lowest BCUT2D eigenvalue weighted by atomic mass is 10.1. The third-order valence-electron chi connectivity index (χ3n) is 11.5. The summed E-state index contributed by atoms with van der Waals surface area (Å²) in [6, 6.07) is 18.4. The zero-order valence-electron chi connectivity index (χ0n) is 35.3. The monoisotopic (exact) mass is 837 g/mol. The molecule has 3 aliphatic rings. The van der Waals surface area contributed by atoms with Crippen molar-refractivity contribution in [1.82, 2.24) is 41.0 Å². The highest BCUT2D eigenvalue weighted by Gasteiger charge is 2.28. The molecule has 0 radical (unpaired) electrons. The van der Waals surface area contributed by atoms with E-state index in [4.69, 9.17) is 19.5 Å². The van der Waals surface area contributed by atoms with Gasteiger partial charge in [-0.15, -0.1) is 20.4 Å². The molecule has 0 spiro atoms. The smallest absolute Gasteiger partial charge is 0.272 e. The van der Waals surface area contributed by atoms with Crippen molar-refractivity contribution in [3.63, 3.8) is 0 Å². The van der Waals surface area contributed by atoms with Crippen LogP contribution in [-0.2, 0) is 17.8 Å². The molecule has 2 aliphatic heterocycles. The molecule has 2 N–H and O–H groups in total. The van der Waals surface area contributed by atoms with Crippen molar-refractivity contribution < 1.29 is 23.8 Å². The van der Waals surface area contributed by atoms with Crippen molar-refractivity contribution in [2.75, 3.05) is 49.7 Å². The summed E-state index contributed by atoms with van der Waals surface area (Å²) in [5.41, 5.74) is 5.76. The number of carbonyl (C=O) groups is 2. The zero-order valence-corrected chi connectivity index (χ0v) is 35.3. The zero-order chi connectivity index (χ0) is 43.0. The Kier molecular flexibility index (Phi) is 13.1. The number of aromatic nitrogens is 6. The molecule has 16 heteroatoms. The molecule has 2 saturated heterocycles. The molecule has 2 amide bonds. The first-order valence-electron chi connectivity index (χ1n) is 21.2. The Balaban J connectivity index is 0.830. The number of ether oxygens (including phenoxy) is 3. The third-order valence-corrected chi connectivity index (χ3v) is 11.5. The highest BCUT2D eigenvalue weighted by atomic mass is 16.5. The highest BCUT2D eigenvalue weighted by Crippen LogP contribution is 2.33. The molecule has 6 heterocycles. The molecule has 320 valence electrons. The molecule has 0 bridgehead atoms. The van der Waals surface area contributed by atoms with Crippen molar-refractivity contribution >= 4 is 23.5 Å². The number of pyridine rings is 2. The third kappa shape index (κ3) is 10.4. The number of aryl methyl sites for hydroxylation is 2. The van der Waals surface area contributed by atoms with E-state index in [0.29, 0.717) is 47.6 Å². The highest BCUT2D eigenvalue weighted by molar-refractivity contribution is 5.93. The van der Waals surface area contributed by atoms with Gasteiger partial charge in [-0.25, -0.2) is 4.98 Å². The number of amides is 2. The van der Waals surface area contributed by atoms with Gasteiger partial charge < -0.3 is 34.6 Å². The summed E-state index contributed by atoms with van der Waals surface area (Å²) in [5.74, 6) is 2.66. The summed E-state index contributed by atoms with van der Waals surface area (Å²) >= 11 is 0. The fourth-order valence-corrected chi connectivity index (χ4v) is 7.85. The summed E-state index contributed by atoms with van der Waals surface area (Å²) in [6.07, 6.45) is 9.58. The van der Waals surface area contributed by atoms with Gasteiger partial charge in [0.15, 0.2) is 23.0 Å². The lowest BCUT2D eigenvalue weighted by Gasteiger charge is -2.33. The Morgan fingerprint density at radius 3 is 1.95 bits per heavy atom. The van der Waals surface area contributed by atoms with Crippen LogP contribution >= 0.6 is 0 Å². The molecule has 0 atom stereocenters. The lowest BCUT2D eigenvalue weighted by molar-refractivity contribution is 0.0304. The van der Waals surface area contributed by atoms with Gasteiger partial charge >= 0.3 is 0 Å². The molecule has 8 rings (SSSR count). The molecule has 3 fully saturated rings. The summed E-state index contributed by atoms with van der Waals surface area (Å²) in [7, 11) is 1.56. The van der Waals surface area contributed by atoms with Crippen molar-refractivity contribution in [2.45, 2.75) is 77.7 Å². The standard InChI is InChI=1S/C46H51N11O5/c1-29-19-41(53-54-42(29)56-15-10-35(11-16-56)61-28-31-7-8-31)45(59)50-26-34-9-14-48-39(22-34)38-23-37(27-51-46(38)60-3)62-36-12-17-57(18-13-36)43-30(2)20-40(52-55-43)44(58)49-25-33-6-4-5-32(21-33)24-47/h4-6,9,14,19-23,27,31,35-36H,7-8,10-13,15-18,25-26,28H2,1-3H3,(H,49,58)(H,50,59). The minimum Gasteiger partial charge on any atom is -0.489 e. The molecule has 5 aromatic rings.